The summed E-state index contributed by atoms with van der Waals surface area (Å²) >= 11 is 7.54. The molecule has 2 aromatic carbocycles. The number of hydrogen-bond donors (Lipinski definition) is 0. The highest BCUT2D eigenvalue weighted by Gasteiger charge is 2.26. The molecule has 0 bridgehead atoms. The first kappa shape index (κ1) is 22.7. The Balaban J connectivity index is 1.73. The molecule has 4 rings (SSSR count). The topological polar surface area (TPSA) is 64.1 Å². The highest BCUT2D eigenvalue weighted by atomic mass is 35.5. The first-order valence-corrected chi connectivity index (χ1v) is 11.3. The fourth-order valence-corrected chi connectivity index (χ4v) is 4.90. The second-order valence-electron chi connectivity index (χ2n) is 7.18. The quantitative estimate of drug-likeness (QED) is 0.508. The summed E-state index contributed by atoms with van der Waals surface area (Å²) < 4.78 is 30.7. The molecular formula is C22H23ClFN3O4S. The number of nitrogens with zero attached hydrogens (tertiary/aromatic N) is 3. The van der Waals surface area contributed by atoms with Crippen molar-refractivity contribution in [1.82, 2.24) is 9.88 Å². The number of anilines is 1. The number of morpholine rings is 1. The van der Waals surface area contributed by atoms with Crippen LogP contribution in [-0.2, 0) is 4.74 Å². The molecule has 1 amide bonds. The predicted octanol–water partition coefficient (Wildman–Crippen LogP) is 4.09. The number of hydrogen-bond acceptors (Lipinski definition) is 7. The average molecular weight is 480 g/mol. The van der Waals surface area contributed by atoms with Gasteiger partial charge < -0.3 is 14.2 Å². The number of halogens is 2. The van der Waals surface area contributed by atoms with E-state index >= 15 is 0 Å². The van der Waals surface area contributed by atoms with Crippen molar-refractivity contribution in [1.29, 1.82) is 0 Å². The SMILES string of the molecule is COc1ccc(OC)c2sc(N(CCN3CCOCC3)C(=O)c3ccc(F)cc3Cl)nc12. The number of amides is 1. The van der Waals surface area contributed by atoms with E-state index in [0.717, 1.165) is 23.9 Å². The third-order valence-corrected chi connectivity index (χ3v) is 6.69. The van der Waals surface area contributed by atoms with E-state index in [0.29, 0.717) is 48.5 Å². The Hall–Kier alpha value is -2.46. The Labute approximate surface area is 194 Å². The zero-order valence-corrected chi connectivity index (χ0v) is 19.3. The Bertz CT molecular complexity index is 1080. The van der Waals surface area contributed by atoms with Gasteiger partial charge in [-0.05, 0) is 30.3 Å². The second-order valence-corrected chi connectivity index (χ2v) is 8.56. The molecule has 0 radical (unpaired) electrons. The van der Waals surface area contributed by atoms with Crippen LogP contribution >= 0.6 is 22.9 Å². The van der Waals surface area contributed by atoms with Gasteiger partial charge in [0.2, 0.25) is 0 Å². The van der Waals surface area contributed by atoms with E-state index in [2.05, 4.69) is 4.90 Å². The van der Waals surface area contributed by atoms with E-state index in [-0.39, 0.29) is 16.5 Å². The van der Waals surface area contributed by atoms with E-state index in [1.165, 1.54) is 23.5 Å². The normalized spacial score (nSPS) is 14.5. The smallest absolute Gasteiger partial charge is 0.261 e. The molecule has 10 heteroatoms. The summed E-state index contributed by atoms with van der Waals surface area (Å²) in [6.07, 6.45) is 0. The van der Waals surface area contributed by atoms with Gasteiger partial charge in [-0.1, -0.05) is 22.9 Å². The molecule has 7 nitrogen and oxygen atoms in total. The number of thiazole rings is 1. The van der Waals surface area contributed by atoms with Crippen LogP contribution in [0.2, 0.25) is 5.02 Å². The Kier molecular flexibility index (Phi) is 7.10. The summed E-state index contributed by atoms with van der Waals surface area (Å²) in [6, 6.07) is 7.35. The van der Waals surface area contributed by atoms with Gasteiger partial charge in [-0.15, -0.1) is 0 Å². The second kappa shape index (κ2) is 9.99. The van der Waals surface area contributed by atoms with Crippen LogP contribution in [0.5, 0.6) is 11.5 Å². The first-order chi connectivity index (χ1) is 15.5. The maximum Gasteiger partial charge on any atom is 0.261 e. The van der Waals surface area contributed by atoms with Crippen LogP contribution < -0.4 is 14.4 Å². The molecule has 0 atom stereocenters. The summed E-state index contributed by atoms with van der Waals surface area (Å²) in [5, 5.41) is 0.545. The fourth-order valence-electron chi connectivity index (χ4n) is 3.55. The van der Waals surface area contributed by atoms with Crippen molar-refractivity contribution < 1.29 is 23.4 Å². The van der Waals surface area contributed by atoms with E-state index < -0.39 is 5.82 Å². The number of fused-ring (bicyclic) bond motifs is 1. The van der Waals surface area contributed by atoms with Crippen molar-refractivity contribution in [3.8, 4) is 11.5 Å². The molecule has 1 aliphatic heterocycles. The number of aromatic nitrogens is 1. The lowest BCUT2D eigenvalue weighted by molar-refractivity contribution is 0.0391. The lowest BCUT2D eigenvalue weighted by Crippen LogP contribution is -2.43. The average Bonchev–Trinajstić information content (AvgIpc) is 3.24. The van der Waals surface area contributed by atoms with Gasteiger partial charge in [0.25, 0.3) is 5.91 Å². The molecule has 1 saturated heterocycles. The molecule has 2 heterocycles. The molecule has 170 valence electrons. The molecular weight excluding hydrogens is 457 g/mol. The number of methoxy groups -OCH3 is 2. The van der Waals surface area contributed by atoms with Gasteiger partial charge in [0.05, 0.1) is 38.0 Å². The molecule has 1 aliphatic rings. The third-order valence-electron chi connectivity index (χ3n) is 5.28. The monoisotopic (exact) mass is 479 g/mol. The number of rotatable bonds is 7. The van der Waals surface area contributed by atoms with Crippen LogP contribution in [0.15, 0.2) is 30.3 Å². The first-order valence-electron chi connectivity index (χ1n) is 10.1. The summed E-state index contributed by atoms with van der Waals surface area (Å²) in [5.74, 6) is 0.384. The minimum atomic E-state index is -0.499. The highest BCUT2D eigenvalue weighted by molar-refractivity contribution is 7.22. The number of carbonyl (C=O) groups excluding carboxylic acids is 1. The van der Waals surface area contributed by atoms with Crippen molar-refractivity contribution in [2.45, 2.75) is 0 Å². The predicted molar refractivity (Wildman–Crippen MR) is 123 cm³/mol. The Morgan fingerprint density at radius 3 is 2.62 bits per heavy atom. The minimum Gasteiger partial charge on any atom is -0.495 e. The summed E-state index contributed by atoms with van der Waals surface area (Å²) in [6.45, 7) is 3.93. The lowest BCUT2D eigenvalue weighted by Gasteiger charge is -2.29. The molecule has 1 fully saturated rings. The van der Waals surface area contributed by atoms with Gasteiger partial charge in [0, 0.05) is 26.2 Å². The minimum absolute atomic E-state index is 0.0580. The molecule has 32 heavy (non-hydrogen) atoms. The molecule has 0 spiro atoms. The molecule has 0 aliphatic carbocycles. The van der Waals surface area contributed by atoms with E-state index in [9.17, 15) is 9.18 Å². The van der Waals surface area contributed by atoms with Gasteiger partial charge in [-0.25, -0.2) is 9.37 Å². The van der Waals surface area contributed by atoms with Crippen molar-refractivity contribution in [2.24, 2.45) is 0 Å². The molecule has 0 saturated carbocycles. The van der Waals surface area contributed by atoms with Crippen LogP contribution in [0.4, 0.5) is 9.52 Å². The lowest BCUT2D eigenvalue weighted by atomic mass is 10.2. The number of benzene rings is 2. The van der Waals surface area contributed by atoms with Crippen molar-refractivity contribution in [3.63, 3.8) is 0 Å². The van der Waals surface area contributed by atoms with E-state index in [1.807, 2.05) is 0 Å². The summed E-state index contributed by atoms with van der Waals surface area (Å²) in [7, 11) is 3.15. The van der Waals surface area contributed by atoms with Crippen LogP contribution in [0, 0.1) is 5.82 Å². The standard InChI is InChI=1S/C22H23ClFN3O4S/c1-29-17-5-6-18(30-2)20-19(17)25-22(32-20)27(8-7-26-9-11-31-12-10-26)21(28)15-4-3-14(24)13-16(15)23/h3-6,13H,7-12H2,1-2H3. The van der Waals surface area contributed by atoms with Crippen LogP contribution in [0.25, 0.3) is 10.2 Å². The third kappa shape index (κ3) is 4.66. The van der Waals surface area contributed by atoms with Crippen LogP contribution in [0.1, 0.15) is 10.4 Å². The molecule has 1 aromatic heterocycles. The Morgan fingerprint density at radius 1 is 1.22 bits per heavy atom. The summed E-state index contributed by atoms with van der Waals surface area (Å²) in [4.78, 5) is 22.0. The number of ether oxygens (including phenoxy) is 3. The largest absolute Gasteiger partial charge is 0.495 e. The van der Waals surface area contributed by atoms with Crippen LogP contribution in [-0.4, -0.2) is 69.4 Å². The van der Waals surface area contributed by atoms with Gasteiger partial charge in [-0.2, -0.15) is 0 Å². The van der Waals surface area contributed by atoms with Crippen molar-refractivity contribution in [3.05, 3.63) is 46.7 Å². The molecule has 0 N–H and O–H groups in total. The fraction of sp³-hybridized carbons (Fsp3) is 0.364. The summed E-state index contributed by atoms with van der Waals surface area (Å²) in [5.41, 5.74) is 0.828. The highest BCUT2D eigenvalue weighted by Crippen LogP contribution is 2.40. The van der Waals surface area contributed by atoms with Crippen molar-refractivity contribution in [2.75, 3.05) is 58.5 Å². The zero-order chi connectivity index (χ0) is 22.7. The number of carbonyl (C=O) groups is 1. The van der Waals surface area contributed by atoms with Crippen LogP contribution in [0.3, 0.4) is 0 Å². The zero-order valence-electron chi connectivity index (χ0n) is 17.8. The van der Waals surface area contributed by atoms with E-state index in [1.54, 1.807) is 31.3 Å². The molecule has 3 aromatic rings. The van der Waals surface area contributed by atoms with Gasteiger partial charge >= 0.3 is 0 Å². The van der Waals surface area contributed by atoms with Gasteiger partial charge in [-0.3, -0.25) is 14.6 Å². The van der Waals surface area contributed by atoms with E-state index in [4.69, 9.17) is 30.8 Å². The Morgan fingerprint density at radius 2 is 1.94 bits per heavy atom. The maximum atomic E-state index is 13.6. The van der Waals surface area contributed by atoms with Gasteiger partial charge in [0.15, 0.2) is 5.13 Å². The van der Waals surface area contributed by atoms with Gasteiger partial charge in [0.1, 0.15) is 27.5 Å². The van der Waals surface area contributed by atoms with Crippen molar-refractivity contribution >= 4 is 44.2 Å². The molecule has 0 unspecified atom stereocenters. The maximum absolute atomic E-state index is 13.6.